The van der Waals surface area contributed by atoms with E-state index in [2.05, 4.69) is 4.99 Å². The highest BCUT2D eigenvalue weighted by molar-refractivity contribution is 5.99. The number of ketones is 1. The second-order valence-electron chi connectivity index (χ2n) is 3.43. The molecule has 0 N–H and O–H groups in total. The molecule has 1 rings (SSSR count). The zero-order valence-corrected chi connectivity index (χ0v) is 9.13. The molecule has 0 amide bonds. The highest BCUT2D eigenvalue weighted by Crippen LogP contribution is 2.22. The summed E-state index contributed by atoms with van der Waals surface area (Å²) in [4.78, 5) is 25.3. The van der Waals surface area contributed by atoms with Crippen molar-refractivity contribution in [2.45, 2.75) is 27.2 Å². The molecule has 0 aliphatic heterocycles. The summed E-state index contributed by atoms with van der Waals surface area (Å²) in [6.45, 7) is 5.53. The van der Waals surface area contributed by atoms with E-state index < -0.39 is 0 Å². The van der Waals surface area contributed by atoms with Crippen LogP contribution in [0.15, 0.2) is 17.1 Å². The maximum absolute atomic E-state index is 11.6. The predicted octanol–water partition coefficient (Wildman–Crippen LogP) is 2.86. The molecule has 78 valence electrons. The second-order valence-corrected chi connectivity index (χ2v) is 3.43. The van der Waals surface area contributed by atoms with Crippen LogP contribution in [0.2, 0.25) is 0 Å². The van der Waals surface area contributed by atoms with Crippen LogP contribution >= 0.6 is 0 Å². The molecule has 0 radical (unpaired) electrons. The number of Topliss-reactive ketones (excluding diaryl/α,β-unsaturated/α-hetero) is 1. The number of hydrogen-bond donors (Lipinski definition) is 0. The molecule has 0 atom stereocenters. The minimum Gasteiger partial charge on any atom is -0.294 e. The summed E-state index contributed by atoms with van der Waals surface area (Å²) in [5.41, 5.74) is 3.00. The lowest BCUT2D eigenvalue weighted by molar-refractivity contribution is 0.0987. The summed E-state index contributed by atoms with van der Waals surface area (Å²) in [5, 5.41) is 0. The molecule has 0 aromatic heterocycles. The number of benzene rings is 1. The van der Waals surface area contributed by atoms with Crippen LogP contribution in [0.1, 0.15) is 34.8 Å². The average Bonchev–Trinajstić information content (AvgIpc) is 2.16. The van der Waals surface area contributed by atoms with Crippen LogP contribution in [-0.2, 0) is 4.79 Å². The number of nitrogens with zero attached hydrogens (tertiary/aromatic N) is 1. The Morgan fingerprint density at radius 1 is 1.33 bits per heavy atom. The van der Waals surface area contributed by atoms with Gasteiger partial charge in [0.15, 0.2) is 5.78 Å². The van der Waals surface area contributed by atoms with Crippen molar-refractivity contribution in [3.63, 3.8) is 0 Å². The molecule has 1 aromatic rings. The zero-order chi connectivity index (χ0) is 11.4. The van der Waals surface area contributed by atoms with Gasteiger partial charge in [-0.1, -0.05) is 6.92 Å². The SMILES string of the molecule is CCC(=O)c1c(C)cc(N=C=O)cc1C. The zero-order valence-electron chi connectivity index (χ0n) is 9.13. The topological polar surface area (TPSA) is 46.5 Å². The summed E-state index contributed by atoms with van der Waals surface area (Å²) in [6, 6.07) is 3.45. The van der Waals surface area contributed by atoms with Crippen LogP contribution in [0.3, 0.4) is 0 Å². The van der Waals surface area contributed by atoms with Gasteiger partial charge in [0.1, 0.15) is 0 Å². The van der Waals surface area contributed by atoms with Gasteiger partial charge in [-0.05, 0) is 37.1 Å². The molecule has 0 fully saturated rings. The fraction of sp³-hybridized carbons (Fsp3) is 0.333. The summed E-state index contributed by atoms with van der Waals surface area (Å²) in [6.07, 6.45) is 1.98. The van der Waals surface area contributed by atoms with Crippen molar-refractivity contribution in [2.24, 2.45) is 4.99 Å². The van der Waals surface area contributed by atoms with Crippen LogP contribution in [0.4, 0.5) is 5.69 Å². The highest BCUT2D eigenvalue weighted by Gasteiger charge is 2.11. The van der Waals surface area contributed by atoms with Crippen molar-refractivity contribution < 1.29 is 9.59 Å². The third-order valence-electron chi connectivity index (χ3n) is 2.29. The molecule has 0 saturated heterocycles. The largest absolute Gasteiger partial charge is 0.294 e. The summed E-state index contributed by atoms with van der Waals surface area (Å²) >= 11 is 0. The smallest absolute Gasteiger partial charge is 0.240 e. The average molecular weight is 203 g/mol. The molecule has 15 heavy (non-hydrogen) atoms. The highest BCUT2D eigenvalue weighted by atomic mass is 16.1. The Hall–Kier alpha value is -1.73. The van der Waals surface area contributed by atoms with Crippen molar-refractivity contribution >= 4 is 17.6 Å². The van der Waals surface area contributed by atoms with Gasteiger partial charge in [-0.25, -0.2) is 4.79 Å². The second kappa shape index (κ2) is 4.67. The van der Waals surface area contributed by atoms with Gasteiger partial charge in [0.2, 0.25) is 6.08 Å². The Labute approximate surface area is 88.8 Å². The van der Waals surface area contributed by atoms with E-state index in [0.717, 1.165) is 16.7 Å². The first-order chi connectivity index (χ1) is 7.10. The molecule has 0 spiro atoms. The molecule has 1 aromatic carbocycles. The van der Waals surface area contributed by atoms with E-state index >= 15 is 0 Å². The van der Waals surface area contributed by atoms with Crippen molar-refractivity contribution in [3.05, 3.63) is 28.8 Å². The minimum absolute atomic E-state index is 0.117. The van der Waals surface area contributed by atoms with Gasteiger partial charge in [0.05, 0.1) is 5.69 Å². The van der Waals surface area contributed by atoms with E-state index in [1.807, 2.05) is 20.8 Å². The van der Waals surface area contributed by atoms with Crippen molar-refractivity contribution in [2.75, 3.05) is 0 Å². The lowest BCUT2D eigenvalue weighted by Gasteiger charge is -2.08. The predicted molar refractivity (Wildman–Crippen MR) is 58.3 cm³/mol. The van der Waals surface area contributed by atoms with Gasteiger partial charge in [-0.3, -0.25) is 4.79 Å². The fourth-order valence-electron chi connectivity index (χ4n) is 1.67. The molecule has 0 heterocycles. The molecule has 0 aliphatic carbocycles. The lowest BCUT2D eigenvalue weighted by Crippen LogP contribution is -2.02. The Bertz CT molecular complexity index is 420. The summed E-state index contributed by atoms with van der Waals surface area (Å²) < 4.78 is 0. The van der Waals surface area contributed by atoms with Crippen LogP contribution in [0, 0.1) is 13.8 Å². The van der Waals surface area contributed by atoms with Crippen LogP contribution in [0.5, 0.6) is 0 Å². The van der Waals surface area contributed by atoms with E-state index in [0.29, 0.717) is 12.1 Å². The molecule has 3 heteroatoms. The first-order valence-electron chi connectivity index (χ1n) is 4.82. The maximum Gasteiger partial charge on any atom is 0.240 e. The monoisotopic (exact) mass is 203 g/mol. The normalized spacial score (nSPS) is 9.53. The standard InChI is InChI=1S/C12H13NO2/c1-4-11(15)12-8(2)5-10(13-7-14)6-9(12)3/h5-6H,4H2,1-3H3. The minimum atomic E-state index is 0.117. The summed E-state index contributed by atoms with van der Waals surface area (Å²) in [7, 11) is 0. The van der Waals surface area contributed by atoms with Gasteiger partial charge in [0, 0.05) is 12.0 Å². The molecule has 0 aliphatic rings. The Morgan fingerprint density at radius 3 is 2.27 bits per heavy atom. The number of rotatable bonds is 3. The molecule has 0 unspecified atom stereocenters. The molecular formula is C12H13NO2. The number of hydrogen-bond acceptors (Lipinski definition) is 3. The maximum atomic E-state index is 11.6. The third-order valence-corrected chi connectivity index (χ3v) is 2.29. The lowest BCUT2D eigenvalue weighted by atomic mass is 9.97. The van der Waals surface area contributed by atoms with Gasteiger partial charge in [-0.2, -0.15) is 4.99 Å². The van der Waals surface area contributed by atoms with Crippen molar-refractivity contribution in [1.82, 2.24) is 0 Å². The van der Waals surface area contributed by atoms with Gasteiger partial charge in [-0.15, -0.1) is 0 Å². The Morgan fingerprint density at radius 2 is 1.87 bits per heavy atom. The van der Waals surface area contributed by atoms with Crippen molar-refractivity contribution in [1.29, 1.82) is 0 Å². The van der Waals surface area contributed by atoms with Gasteiger partial charge < -0.3 is 0 Å². The van der Waals surface area contributed by atoms with E-state index in [4.69, 9.17) is 0 Å². The van der Waals surface area contributed by atoms with E-state index in [9.17, 15) is 9.59 Å². The number of carbonyl (C=O) groups is 1. The fourth-order valence-corrected chi connectivity index (χ4v) is 1.67. The van der Waals surface area contributed by atoms with Crippen LogP contribution in [-0.4, -0.2) is 11.9 Å². The van der Waals surface area contributed by atoms with Gasteiger partial charge >= 0.3 is 0 Å². The first kappa shape index (κ1) is 11.3. The third kappa shape index (κ3) is 2.39. The number of carbonyl (C=O) groups excluding carboxylic acids is 2. The summed E-state index contributed by atoms with van der Waals surface area (Å²) in [5.74, 6) is 0.117. The van der Waals surface area contributed by atoms with Crippen LogP contribution in [0.25, 0.3) is 0 Å². The number of aryl methyl sites for hydroxylation is 2. The Kier molecular flexibility index (Phi) is 3.53. The molecule has 0 saturated carbocycles. The molecular weight excluding hydrogens is 190 g/mol. The molecule has 0 bridgehead atoms. The quantitative estimate of drug-likeness (QED) is 0.431. The van der Waals surface area contributed by atoms with E-state index in [1.54, 1.807) is 12.1 Å². The van der Waals surface area contributed by atoms with E-state index in [-0.39, 0.29) is 5.78 Å². The molecule has 3 nitrogen and oxygen atoms in total. The number of isocyanates is 1. The first-order valence-corrected chi connectivity index (χ1v) is 4.82. The van der Waals surface area contributed by atoms with Crippen LogP contribution < -0.4 is 0 Å². The van der Waals surface area contributed by atoms with E-state index in [1.165, 1.54) is 6.08 Å². The van der Waals surface area contributed by atoms with Crippen molar-refractivity contribution in [3.8, 4) is 0 Å². The number of aliphatic imine (C=N–C) groups is 1. The Balaban J connectivity index is 3.33. The van der Waals surface area contributed by atoms with Gasteiger partial charge in [0.25, 0.3) is 0 Å².